The van der Waals surface area contributed by atoms with Crippen molar-refractivity contribution in [3.8, 4) is 10.7 Å². The summed E-state index contributed by atoms with van der Waals surface area (Å²) >= 11 is 7.40. The fourth-order valence-corrected chi connectivity index (χ4v) is 3.64. The highest BCUT2D eigenvalue weighted by atomic mass is 127. The van der Waals surface area contributed by atoms with E-state index in [2.05, 4.69) is 60.7 Å². The highest BCUT2D eigenvalue weighted by Crippen LogP contribution is 2.33. The van der Waals surface area contributed by atoms with E-state index in [1.165, 1.54) is 0 Å². The molecule has 0 aliphatic carbocycles. The van der Waals surface area contributed by atoms with E-state index >= 15 is 0 Å². The summed E-state index contributed by atoms with van der Waals surface area (Å²) in [7, 11) is 1.67. The molecule has 0 unspecified atom stereocenters. The molecule has 0 radical (unpaired) electrons. The topological polar surface area (TPSA) is 47.0 Å². The normalized spacial score (nSPS) is 10.7. The third-order valence-electron chi connectivity index (χ3n) is 2.37. The van der Waals surface area contributed by atoms with Crippen LogP contribution >= 0.6 is 49.9 Å². The summed E-state index contributed by atoms with van der Waals surface area (Å²) in [6.07, 6.45) is 0. The molecule has 0 amide bonds. The van der Waals surface area contributed by atoms with Crippen molar-refractivity contribution in [3.63, 3.8) is 0 Å². The van der Waals surface area contributed by atoms with E-state index < -0.39 is 0 Å². The van der Waals surface area contributed by atoms with Gasteiger partial charge in [0.1, 0.15) is 5.82 Å². The quantitative estimate of drug-likeness (QED) is 0.691. The van der Waals surface area contributed by atoms with Gasteiger partial charge in [-0.3, -0.25) is 0 Å². The zero-order valence-electron chi connectivity index (χ0n) is 10.5. The van der Waals surface area contributed by atoms with Crippen LogP contribution in [-0.2, 0) is 11.3 Å². The van der Waals surface area contributed by atoms with Gasteiger partial charge in [-0.25, -0.2) is 9.97 Å². The summed E-state index contributed by atoms with van der Waals surface area (Å²) in [6.45, 7) is 3.36. The Hall–Kier alpha value is -0.250. The molecule has 0 aliphatic heterocycles. The maximum atomic E-state index is 5.21. The fraction of sp³-hybridized carbons (Fsp3) is 0.333. The number of anilines is 1. The van der Waals surface area contributed by atoms with Gasteiger partial charge in [0.2, 0.25) is 0 Å². The van der Waals surface area contributed by atoms with Gasteiger partial charge in [0, 0.05) is 18.1 Å². The summed E-state index contributed by atoms with van der Waals surface area (Å²) in [5, 5.41) is 5.29. The molecule has 7 heteroatoms. The first-order valence-corrected chi connectivity index (χ1v) is 8.45. The average Bonchev–Trinajstić information content (AvgIpc) is 2.81. The molecule has 0 saturated carbocycles. The second-order valence-corrected chi connectivity index (χ2v) is 6.57. The van der Waals surface area contributed by atoms with Gasteiger partial charge in [-0.2, -0.15) is 0 Å². The number of aromatic nitrogens is 2. The Kier molecular flexibility index (Phi) is 5.55. The summed E-state index contributed by atoms with van der Waals surface area (Å²) in [6, 6.07) is 2.00. The molecular weight excluding hydrogens is 441 g/mol. The smallest absolute Gasteiger partial charge is 0.173 e. The van der Waals surface area contributed by atoms with E-state index in [9.17, 15) is 0 Å². The van der Waals surface area contributed by atoms with Gasteiger partial charge >= 0.3 is 0 Å². The number of hydrogen-bond acceptors (Lipinski definition) is 5. The van der Waals surface area contributed by atoms with Gasteiger partial charge in [-0.15, -0.1) is 11.3 Å². The van der Waals surface area contributed by atoms with Gasteiger partial charge < -0.3 is 10.1 Å². The second kappa shape index (κ2) is 6.96. The molecule has 19 heavy (non-hydrogen) atoms. The molecule has 102 valence electrons. The zero-order chi connectivity index (χ0) is 13.8. The van der Waals surface area contributed by atoms with Crippen LogP contribution in [0.1, 0.15) is 12.6 Å². The molecule has 2 rings (SSSR count). The largest absolute Gasteiger partial charge is 0.378 e. The van der Waals surface area contributed by atoms with Crippen molar-refractivity contribution in [2.24, 2.45) is 0 Å². The average molecular weight is 454 g/mol. The SMILES string of the molecule is CCNc1nc(-c2sccc2Br)nc(COC)c1I. The minimum atomic E-state index is 0.481. The predicted octanol–water partition coefficient (Wildman–Crippen LogP) is 4.15. The second-order valence-electron chi connectivity index (χ2n) is 3.72. The van der Waals surface area contributed by atoms with Crippen LogP contribution in [-0.4, -0.2) is 23.6 Å². The molecule has 0 aromatic carbocycles. The van der Waals surface area contributed by atoms with Gasteiger partial charge in [-0.05, 0) is 56.9 Å². The lowest BCUT2D eigenvalue weighted by Crippen LogP contribution is -2.08. The predicted molar refractivity (Wildman–Crippen MR) is 90.6 cm³/mol. The number of rotatable bonds is 5. The molecule has 0 fully saturated rings. The van der Waals surface area contributed by atoms with Crippen LogP contribution < -0.4 is 5.32 Å². The van der Waals surface area contributed by atoms with Crippen molar-refractivity contribution in [3.05, 3.63) is 25.2 Å². The molecule has 2 aromatic rings. The standard InChI is InChI=1S/C12H13BrIN3OS/c1-3-15-11-9(14)8(6-18-2)16-12(17-11)10-7(13)4-5-19-10/h4-5H,3,6H2,1-2H3,(H,15,16,17). The van der Waals surface area contributed by atoms with Crippen LogP contribution in [0.5, 0.6) is 0 Å². The number of halogens is 2. The Bertz CT molecular complexity index is 549. The number of nitrogens with one attached hydrogen (secondary N) is 1. The van der Waals surface area contributed by atoms with E-state index in [0.29, 0.717) is 6.61 Å². The molecule has 2 aromatic heterocycles. The van der Waals surface area contributed by atoms with Crippen LogP contribution in [0.25, 0.3) is 10.7 Å². The Morgan fingerprint density at radius 1 is 1.47 bits per heavy atom. The molecule has 0 bridgehead atoms. The van der Waals surface area contributed by atoms with Crippen LogP contribution in [0.4, 0.5) is 5.82 Å². The number of ether oxygens (including phenoxy) is 1. The van der Waals surface area contributed by atoms with Crippen molar-refractivity contribution >= 4 is 55.7 Å². The highest BCUT2D eigenvalue weighted by molar-refractivity contribution is 14.1. The summed E-state index contributed by atoms with van der Waals surface area (Å²) in [5.41, 5.74) is 0.907. The van der Waals surface area contributed by atoms with E-state index in [1.807, 2.05) is 11.4 Å². The first kappa shape index (κ1) is 15.1. The first-order chi connectivity index (χ1) is 9.17. The van der Waals surface area contributed by atoms with Gasteiger partial charge in [-0.1, -0.05) is 0 Å². The van der Waals surface area contributed by atoms with Crippen LogP contribution in [0.2, 0.25) is 0 Å². The van der Waals surface area contributed by atoms with Crippen molar-refractivity contribution in [1.82, 2.24) is 9.97 Å². The Morgan fingerprint density at radius 2 is 2.26 bits per heavy atom. The van der Waals surface area contributed by atoms with Crippen LogP contribution in [0.15, 0.2) is 15.9 Å². The van der Waals surface area contributed by atoms with E-state index in [4.69, 9.17) is 4.74 Å². The molecule has 0 aliphatic rings. The molecule has 4 nitrogen and oxygen atoms in total. The Labute approximate surface area is 138 Å². The fourth-order valence-electron chi connectivity index (χ4n) is 1.57. The summed E-state index contributed by atoms with van der Waals surface area (Å²) in [5.74, 6) is 1.59. The van der Waals surface area contributed by atoms with E-state index in [0.717, 1.165) is 36.8 Å². The third-order valence-corrected chi connectivity index (χ3v) is 5.33. The number of methoxy groups -OCH3 is 1. The lowest BCUT2D eigenvalue weighted by atomic mass is 10.3. The minimum Gasteiger partial charge on any atom is -0.378 e. The molecule has 0 saturated heterocycles. The molecular formula is C12H13BrIN3OS. The lowest BCUT2D eigenvalue weighted by Gasteiger charge is -2.11. The van der Waals surface area contributed by atoms with Gasteiger partial charge in [0.25, 0.3) is 0 Å². The molecule has 1 N–H and O–H groups in total. The third kappa shape index (κ3) is 3.45. The molecule has 2 heterocycles. The summed E-state index contributed by atoms with van der Waals surface area (Å²) in [4.78, 5) is 10.2. The van der Waals surface area contributed by atoms with Crippen LogP contribution in [0.3, 0.4) is 0 Å². The molecule has 0 atom stereocenters. The number of hydrogen-bond donors (Lipinski definition) is 1. The van der Waals surface area contributed by atoms with Gasteiger partial charge in [0.05, 0.1) is 20.7 Å². The van der Waals surface area contributed by atoms with Crippen molar-refractivity contribution in [2.75, 3.05) is 19.0 Å². The Morgan fingerprint density at radius 3 is 2.84 bits per heavy atom. The number of thiophene rings is 1. The number of nitrogens with zero attached hydrogens (tertiary/aromatic N) is 2. The van der Waals surface area contributed by atoms with E-state index in [-0.39, 0.29) is 0 Å². The molecule has 0 spiro atoms. The maximum absolute atomic E-state index is 5.21. The zero-order valence-corrected chi connectivity index (χ0v) is 15.1. The van der Waals surface area contributed by atoms with Crippen molar-refractivity contribution < 1.29 is 4.74 Å². The van der Waals surface area contributed by atoms with Crippen molar-refractivity contribution in [2.45, 2.75) is 13.5 Å². The first-order valence-electron chi connectivity index (χ1n) is 5.70. The van der Waals surface area contributed by atoms with E-state index in [1.54, 1.807) is 18.4 Å². The lowest BCUT2D eigenvalue weighted by molar-refractivity contribution is 0.181. The van der Waals surface area contributed by atoms with Crippen molar-refractivity contribution in [1.29, 1.82) is 0 Å². The Balaban J connectivity index is 2.52. The van der Waals surface area contributed by atoms with Gasteiger partial charge in [0.15, 0.2) is 5.82 Å². The monoisotopic (exact) mass is 453 g/mol. The van der Waals surface area contributed by atoms with Crippen LogP contribution in [0, 0.1) is 3.57 Å². The minimum absolute atomic E-state index is 0.481. The maximum Gasteiger partial charge on any atom is 0.173 e. The highest BCUT2D eigenvalue weighted by Gasteiger charge is 2.15. The summed E-state index contributed by atoms with van der Waals surface area (Å²) < 4.78 is 7.24.